The Balaban J connectivity index is 1.59. The number of nitrogens with zero attached hydrogens (tertiary/aromatic N) is 2. The van der Waals surface area contributed by atoms with Crippen LogP contribution >= 0.6 is 0 Å². The fraction of sp³-hybridized carbons (Fsp3) is 0.409. The molecule has 0 aliphatic carbocycles. The van der Waals surface area contributed by atoms with Crippen molar-refractivity contribution in [2.75, 3.05) is 45.4 Å². The molecule has 1 fully saturated rings. The third-order valence-electron chi connectivity index (χ3n) is 5.72. The van der Waals surface area contributed by atoms with E-state index < -0.39 is 15.9 Å². The molecule has 1 amide bonds. The quantitative estimate of drug-likeness (QED) is 0.702. The van der Waals surface area contributed by atoms with Crippen molar-refractivity contribution in [3.63, 3.8) is 0 Å². The molecule has 0 spiro atoms. The van der Waals surface area contributed by atoms with Gasteiger partial charge in [-0.2, -0.15) is 4.31 Å². The van der Waals surface area contributed by atoms with Crippen molar-refractivity contribution in [3.05, 3.63) is 42.5 Å². The molecule has 2 aliphatic rings. The van der Waals surface area contributed by atoms with E-state index in [1.54, 1.807) is 17.0 Å². The van der Waals surface area contributed by atoms with E-state index in [9.17, 15) is 13.2 Å². The highest BCUT2D eigenvalue weighted by atomic mass is 32.2. The van der Waals surface area contributed by atoms with Gasteiger partial charge in [-0.1, -0.05) is 12.1 Å². The van der Waals surface area contributed by atoms with E-state index in [1.165, 1.54) is 24.6 Å². The second-order valence-corrected chi connectivity index (χ2v) is 9.43. The van der Waals surface area contributed by atoms with Gasteiger partial charge in [0.05, 0.1) is 32.4 Å². The molecule has 2 aromatic carbocycles. The molecule has 0 bridgehead atoms. The first-order valence-corrected chi connectivity index (χ1v) is 11.6. The molecule has 0 aromatic heterocycles. The maximum Gasteiger partial charge on any atom is 0.246 e. The second-order valence-electron chi connectivity index (χ2n) is 7.53. The van der Waals surface area contributed by atoms with E-state index in [0.29, 0.717) is 44.0 Å². The number of benzene rings is 2. The van der Waals surface area contributed by atoms with Gasteiger partial charge in [0.15, 0.2) is 0 Å². The van der Waals surface area contributed by atoms with E-state index in [2.05, 4.69) is 0 Å². The van der Waals surface area contributed by atoms with E-state index >= 15 is 0 Å². The molecule has 8 nitrogen and oxygen atoms in total. The number of fused-ring (bicyclic) bond motifs is 1. The molecule has 4 rings (SSSR count). The number of ether oxygens (including phenoxy) is 3. The van der Waals surface area contributed by atoms with Crippen LogP contribution in [0.15, 0.2) is 47.4 Å². The summed E-state index contributed by atoms with van der Waals surface area (Å²) in [5.74, 6) is 0.841. The van der Waals surface area contributed by atoms with Crippen LogP contribution in [0.1, 0.15) is 12.8 Å². The Morgan fingerprint density at radius 2 is 1.90 bits per heavy atom. The lowest BCUT2D eigenvalue weighted by atomic mass is 9.97. The van der Waals surface area contributed by atoms with E-state index in [4.69, 9.17) is 14.2 Å². The van der Waals surface area contributed by atoms with Gasteiger partial charge in [-0.05, 0) is 37.1 Å². The number of amides is 1. The number of hydrogen-bond acceptors (Lipinski definition) is 6. The van der Waals surface area contributed by atoms with Crippen molar-refractivity contribution in [1.82, 2.24) is 4.31 Å². The molecule has 166 valence electrons. The van der Waals surface area contributed by atoms with E-state index in [-0.39, 0.29) is 23.1 Å². The average Bonchev–Trinajstić information content (AvgIpc) is 2.82. The summed E-state index contributed by atoms with van der Waals surface area (Å²) in [5, 5.41) is 0. The fourth-order valence-electron chi connectivity index (χ4n) is 4.11. The summed E-state index contributed by atoms with van der Waals surface area (Å²) >= 11 is 0. The lowest BCUT2D eigenvalue weighted by Crippen LogP contribution is -2.48. The Bertz CT molecular complexity index is 1070. The lowest BCUT2D eigenvalue weighted by molar-refractivity contribution is -0.123. The normalized spacial score (nSPS) is 19.3. The molecular weight excluding hydrogens is 420 g/mol. The van der Waals surface area contributed by atoms with Crippen LogP contribution in [0.25, 0.3) is 0 Å². The Labute approximate surface area is 182 Å². The van der Waals surface area contributed by atoms with Gasteiger partial charge >= 0.3 is 0 Å². The van der Waals surface area contributed by atoms with Gasteiger partial charge in [-0.25, -0.2) is 8.42 Å². The Kier molecular flexibility index (Phi) is 6.06. The van der Waals surface area contributed by atoms with Crippen LogP contribution in [0.5, 0.6) is 17.2 Å². The first-order chi connectivity index (χ1) is 15.0. The zero-order valence-corrected chi connectivity index (χ0v) is 18.4. The maximum absolute atomic E-state index is 13.4. The van der Waals surface area contributed by atoms with Crippen molar-refractivity contribution in [2.45, 2.75) is 17.7 Å². The summed E-state index contributed by atoms with van der Waals surface area (Å²) in [6.45, 7) is 1.34. The van der Waals surface area contributed by atoms with Gasteiger partial charge in [0.25, 0.3) is 0 Å². The third-order valence-corrected chi connectivity index (χ3v) is 7.60. The molecule has 31 heavy (non-hydrogen) atoms. The molecule has 2 heterocycles. The fourth-order valence-corrected chi connectivity index (χ4v) is 5.80. The summed E-state index contributed by atoms with van der Waals surface area (Å²) in [5.41, 5.74) is 0.730. The van der Waals surface area contributed by atoms with Crippen LogP contribution < -0.4 is 19.1 Å². The summed E-state index contributed by atoms with van der Waals surface area (Å²) in [6.07, 6.45) is 1.24. The standard InChI is InChI=1S/C22H26N2O6S/c1-28-17-9-10-20(29-2)21(14-17)31(26,27)23-11-5-6-16(15-23)22(25)24-12-13-30-19-8-4-3-7-18(19)24/h3-4,7-10,14,16H,5-6,11-13,15H2,1-2H3/t16-/m1/s1. The summed E-state index contributed by atoms with van der Waals surface area (Å²) < 4.78 is 44.3. The summed E-state index contributed by atoms with van der Waals surface area (Å²) in [6, 6.07) is 12.1. The molecule has 9 heteroatoms. The molecular formula is C22H26N2O6S. The minimum Gasteiger partial charge on any atom is -0.497 e. The average molecular weight is 447 g/mol. The molecule has 1 atom stereocenters. The zero-order valence-electron chi connectivity index (χ0n) is 17.6. The van der Waals surface area contributed by atoms with Crippen LogP contribution in [0.4, 0.5) is 5.69 Å². The highest BCUT2D eigenvalue weighted by molar-refractivity contribution is 7.89. The van der Waals surface area contributed by atoms with Crippen LogP contribution in [0.2, 0.25) is 0 Å². The molecule has 1 saturated heterocycles. The number of para-hydroxylation sites is 2. The van der Waals surface area contributed by atoms with Crippen LogP contribution in [-0.2, 0) is 14.8 Å². The Morgan fingerprint density at radius 1 is 1.10 bits per heavy atom. The third kappa shape index (κ3) is 4.07. The molecule has 0 unspecified atom stereocenters. The Hall–Kier alpha value is -2.78. The predicted molar refractivity (Wildman–Crippen MR) is 115 cm³/mol. The predicted octanol–water partition coefficient (Wildman–Crippen LogP) is 2.53. The number of sulfonamides is 1. The SMILES string of the molecule is COc1ccc(OC)c(S(=O)(=O)N2CCC[C@@H](C(=O)N3CCOc4ccccc43)C2)c1. The first kappa shape index (κ1) is 21.5. The number of rotatable bonds is 5. The first-order valence-electron chi connectivity index (χ1n) is 10.2. The molecule has 2 aromatic rings. The number of methoxy groups -OCH3 is 2. The van der Waals surface area contributed by atoms with Crippen molar-refractivity contribution in [1.29, 1.82) is 0 Å². The maximum atomic E-state index is 13.4. The highest BCUT2D eigenvalue weighted by Crippen LogP contribution is 2.35. The highest BCUT2D eigenvalue weighted by Gasteiger charge is 2.37. The van der Waals surface area contributed by atoms with Crippen molar-refractivity contribution >= 4 is 21.6 Å². The van der Waals surface area contributed by atoms with Gasteiger partial charge in [0.1, 0.15) is 28.8 Å². The van der Waals surface area contributed by atoms with Crippen LogP contribution in [0, 0.1) is 5.92 Å². The smallest absolute Gasteiger partial charge is 0.246 e. The van der Waals surface area contributed by atoms with Gasteiger partial charge in [0.2, 0.25) is 15.9 Å². The molecule has 2 aliphatic heterocycles. The van der Waals surface area contributed by atoms with E-state index in [1.807, 2.05) is 24.3 Å². The zero-order chi connectivity index (χ0) is 22.0. The summed E-state index contributed by atoms with van der Waals surface area (Å²) in [7, 11) is -0.952. The van der Waals surface area contributed by atoms with Crippen LogP contribution in [0.3, 0.4) is 0 Å². The Morgan fingerprint density at radius 3 is 2.68 bits per heavy atom. The van der Waals surface area contributed by atoms with Gasteiger partial charge in [-0.15, -0.1) is 0 Å². The number of carbonyl (C=O) groups excluding carboxylic acids is 1. The van der Waals surface area contributed by atoms with Crippen molar-refractivity contribution in [3.8, 4) is 17.2 Å². The monoisotopic (exact) mass is 446 g/mol. The lowest BCUT2D eigenvalue weighted by Gasteiger charge is -2.36. The summed E-state index contributed by atoms with van der Waals surface area (Å²) in [4.78, 5) is 15.1. The number of carbonyl (C=O) groups is 1. The van der Waals surface area contributed by atoms with Gasteiger partial charge < -0.3 is 19.1 Å². The van der Waals surface area contributed by atoms with Crippen molar-refractivity contribution in [2.24, 2.45) is 5.92 Å². The van der Waals surface area contributed by atoms with Crippen molar-refractivity contribution < 1.29 is 27.4 Å². The van der Waals surface area contributed by atoms with E-state index in [0.717, 1.165) is 5.69 Å². The topological polar surface area (TPSA) is 85.4 Å². The minimum absolute atomic E-state index is 0.0409. The van der Waals surface area contributed by atoms with Gasteiger partial charge in [0, 0.05) is 19.2 Å². The van der Waals surface area contributed by atoms with Crippen LogP contribution in [-0.4, -0.2) is 59.1 Å². The molecule has 0 radical (unpaired) electrons. The second kappa shape index (κ2) is 8.76. The molecule has 0 N–H and O–H groups in total. The number of hydrogen-bond donors (Lipinski definition) is 0. The minimum atomic E-state index is -3.86. The molecule has 0 saturated carbocycles. The van der Waals surface area contributed by atoms with Gasteiger partial charge in [-0.3, -0.25) is 4.79 Å². The number of piperidine rings is 1. The largest absolute Gasteiger partial charge is 0.497 e. The number of anilines is 1.